The SMILES string of the molecule is N#CCCOP(=O)(O)Oc1ccc([N+](=O)[O-])cc1. The zero-order valence-corrected chi connectivity index (χ0v) is 9.95. The normalized spacial score (nSPS) is 13.3. The molecule has 1 N–H and O–H groups in total. The maximum atomic E-state index is 11.3. The van der Waals surface area contributed by atoms with Gasteiger partial charge in [-0.15, -0.1) is 0 Å². The zero-order valence-electron chi connectivity index (χ0n) is 9.05. The second-order valence-electron chi connectivity index (χ2n) is 3.05. The van der Waals surface area contributed by atoms with Crippen LogP contribution >= 0.6 is 7.82 Å². The van der Waals surface area contributed by atoms with E-state index in [1.165, 1.54) is 12.1 Å². The monoisotopic (exact) mass is 272 g/mol. The fraction of sp³-hybridized carbons (Fsp3) is 0.222. The summed E-state index contributed by atoms with van der Waals surface area (Å²) in [5.74, 6) is -0.0385. The fourth-order valence-corrected chi connectivity index (χ4v) is 1.76. The number of hydrogen-bond donors (Lipinski definition) is 1. The maximum absolute atomic E-state index is 11.3. The highest BCUT2D eigenvalue weighted by molar-refractivity contribution is 7.47. The van der Waals surface area contributed by atoms with Gasteiger partial charge in [0.15, 0.2) is 0 Å². The van der Waals surface area contributed by atoms with Gasteiger partial charge in [0, 0.05) is 12.1 Å². The van der Waals surface area contributed by atoms with E-state index in [0.29, 0.717) is 0 Å². The zero-order chi connectivity index (χ0) is 13.6. The van der Waals surface area contributed by atoms with E-state index in [1.54, 1.807) is 6.07 Å². The van der Waals surface area contributed by atoms with Crippen LogP contribution in [0, 0.1) is 21.4 Å². The Kier molecular flexibility index (Phi) is 4.80. The third-order valence-corrected chi connectivity index (χ3v) is 2.69. The molecule has 1 aromatic rings. The second-order valence-corrected chi connectivity index (χ2v) is 4.43. The number of nitro groups is 1. The van der Waals surface area contributed by atoms with Crippen LogP contribution in [0.2, 0.25) is 0 Å². The van der Waals surface area contributed by atoms with E-state index < -0.39 is 12.7 Å². The standard InChI is InChI=1S/C9H9N2O6P/c10-6-1-7-16-18(14,15)17-9-4-2-8(3-5-9)11(12)13/h2-5H,1,7H2,(H,14,15). The van der Waals surface area contributed by atoms with Crippen LogP contribution in [0.25, 0.3) is 0 Å². The minimum atomic E-state index is -4.30. The smallest absolute Gasteiger partial charge is 0.404 e. The molecule has 1 atom stereocenters. The molecule has 0 aliphatic carbocycles. The Morgan fingerprint density at radius 1 is 1.44 bits per heavy atom. The van der Waals surface area contributed by atoms with Crippen molar-refractivity contribution in [2.75, 3.05) is 6.61 Å². The summed E-state index contributed by atoms with van der Waals surface area (Å²) >= 11 is 0. The fourth-order valence-electron chi connectivity index (χ4n) is 0.995. The topological polar surface area (TPSA) is 123 Å². The molecule has 0 radical (unpaired) electrons. The van der Waals surface area contributed by atoms with Gasteiger partial charge in [-0.25, -0.2) is 4.57 Å². The van der Waals surface area contributed by atoms with E-state index in [2.05, 4.69) is 9.05 Å². The van der Waals surface area contributed by atoms with E-state index >= 15 is 0 Å². The van der Waals surface area contributed by atoms with Crippen molar-refractivity contribution in [2.24, 2.45) is 0 Å². The molecule has 8 nitrogen and oxygen atoms in total. The van der Waals surface area contributed by atoms with Crippen molar-refractivity contribution in [1.29, 1.82) is 5.26 Å². The van der Waals surface area contributed by atoms with Crippen LogP contribution in [0.3, 0.4) is 0 Å². The molecule has 0 saturated heterocycles. The lowest BCUT2D eigenvalue weighted by Crippen LogP contribution is -1.98. The highest BCUT2D eigenvalue weighted by Crippen LogP contribution is 2.43. The van der Waals surface area contributed by atoms with Gasteiger partial charge in [-0.2, -0.15) is 5.26 Å². The largest absolute Gasteiger partial charge is 0.527 e. The van der Waals surface area contributed by atoms with Crippen LogP contribution in [-0.2, 0) is 9.09 Å². The summed E-state index contributed by atoms with van der Waals surface area (Å²) < 4.78 is 20.5. The summed E-state index contributed by atoms with van der Waals surface area (Å²) in [6, 6.07) is 6.35. The minimum absolute atomic E-state index is 0.0385. The number of phosphoric ester groups is 1. The van der Waals surface area contributed by atoms with Gasteiger partial charge in [0.25, 0.3) is 5.69 Å². The van der Waals surface area contributed by atoms with Gasteiger partial charge < -0.3 is 4.52 Å². The van der Waals surface area contributed by atoms with Gasteiger partial charge in [0.1, 0.15) is 5.75 Å². The van der Waals surface area contributed by atoms with Crippen LogP contribution in [0.4, 0.5) is 5.69 Å². The highest BCUT2D eigenvalue weighted by Gasteiger charge is 2.22. The molecule has 0 aromatic heterocycles. The molecular weight excluding hydrogens is 263 g/mol. The number of nitro benzene ring substituents is 1. The van der Waals surface area contributed by atoms with Crippen molar-refractivity contribution >= 4 is 13.5 Å². The van der Waals surface area contributed by atoms with Gasteiger partial charge in [0.05, 0.1) is 24.0 Å². The molecule has 0 aliphatic heterocycles. The van der Waals surface area contributed by atoms with E-state index in [-0.39, 0.29) is 24.5 Å². The molecule has 0 saturated carbocycles. The van der Waals surface area contributed by atoms with E-state index in [9.17, 15) is 19.6 Å². The highest BCUT2D eigenvalue weighted by atomic mass is 31.2. The van der Waals surface area contributed by atoms with Crippen LogP contribution in [0.1, 0.15) is 6.42 Å². The first-order valence-corrected chi connectivity index (χ1v) is 6.22. The van der Waals surface area contributed by atoms with Crippen molar-refractivity contribution in [3.63, 3.8) is 0 Å². The average molecular weight is 272 g/mol. The Morgan fingerprint density at radius 2 is 2.06 bits per heavy atom. The molecule has 0 amide bonds. The Hall–Kier alpha value is -1.94. The first kappa shape index (κ1) is 14.1. The van der Waals surface area contributed by atoms with Gasteiger partial charge in [0.2, 0.25) is 0 Å². The van der Waals surface area contributed by atoms with E-state index in [1.807, 2.05) is 0 Å². The molecule has 0 heterocycles. The molecular formula is C9H9N2O6P. The van der Waals surface area contributed by atoms with Crippen LogP contribution in [0.15, 0.2) is 24.3 Å². The maximum Gasteiger partial charge on any atom is 0.527 e. The molecule has 96 valence electrons. The molecule has 1 unspecified atom stereocenters. The summed E-state index contributed by atoms with van der Waals surface area (Å²) in [4.78, 5) is 19.0. The van der Waals surface area contributed by atoms with Crippen LogP contribution in [0.5, 0.6) is 5.75 Å². The minimum Gasteiger partial charge on any atom is -0.404 e. The quantitative estimate of drug-likeness (QED) is 0.363. The van der Waals surface area contributed by atoms with Crippen molar-refractivity contribution < 1.29 is 23.4 Å². The number of nitrogens with zero attached hydrogens (tertiary/aromatic N) is 2. The van der Waals surface area contributed by atoms with Crippen LogP contribution in [-0.4, -0.2) is 16.4 Å². The van der Waals surface area contributed by atoms with Crippen LogP contribution < -0.4 is 4.52 Å². The Labute approximate surface area is 102 Å². The van der Waals surface area contributed by atoms with Crippen molar-refractivity contribution in [1.82, 2.24) is 0 Å². The summed E-state index contributed by atoms with van der Waals surface area (Å²) in [6.07, 6.45) is -0.0474. The van der Waals surface area contributed by atoms with Crippen molar-refractivity contribution in [3.8, 4) is 11.8 Å². The first-order chi connectivity index (χ1) is 8.44. The average Bonchev–Trinajstić information content (AvgIpc) is 2.29. The van der Waals surface area contributed by atoms with E-state index in [4.69, 9.17) is 5.26 Å². The number of hydrogen-bond acceptors (Lipinski definition) is 6. The van der Waals surface area contributed by atoms with Gasteiger partial charge in [-0.1, -0.05) is 0 Å². The predicted octanol–water partition coefficient (Wildman–Crippen LogP) is 2.00. The number of non-ortho nitro benzene ring substituents is 1. The van der Waals surface area contributed by atoms with Gasteiger partial charge in [-0.05, 0) is 12.1 Å². The summed E-state index contributed by atoms with van der Waals surface area (Å²) in [5.41, 5.74) is -0.166. The lowest BCUT2D eigenvalue weighted by molar-refractivity contribution is -0.384. The molecule has 0 fully saturated rings. The first-order valence-electron chi connectivity index (χ1n) is 4.73. The number of benzene rings is 1. The van der Waals surface area contributed by atoms with Gasteiger partial charge in [-0.3, -0.25) is 19.5 Å². The number of rotatable bonds is 6. The molecule has 9 heteroatoms. The lowest BCUT2D eigenvalue weighted by Gasteiger charge is -2.11. The molecule has 0 spiro atoms. The second kappa shape index (κ2) is 6.12. The molecule has 1 rings (SSSR count). The molecule has 18 heavy (non-hydrogen) atoms. The number of nitriles is 1. The molecule has 1 aromatic carbocycles. The molecule has 0 bridgehead atoms. The summed E-state index contributed by atoms with van der Waals surface area (Å²) in [6.45, 7) is -0.239. The Morgan fingerprint density at radius 3 is 2.56 bits per heavy atom. The third-order valence-electron chi connectivity index (χ3n) is 1.74. The summed E-state index contributed by atoms with van der Waals surface area (Å²) in [5, 5.41) is 18.6. The van der Waals surface area contributed by atoms with E-state index in [0.717, 1.165) is 12.1 Å². The third kappa shape index (κ3) is 4.51. The Bertz CT molecular complexity index is 509. The van der Waals surface area contributed by atoms with Crippen molar-refractivity contribution in [3.05, 3.63) is 34.4 Å². The van der Waals surface area contributed by atoms with Crippen molar-refractivity contribution in [2.45, 2.75) is 6.42 Å². The predicted molar refractivity (Wildman–Crippen MR) is 59.7 cm³/mol. The Balaban J connectivity index is 2.64. The molecule has 0 aliphatic rings. The lowest BCUT2D eigenvalue weighted by atomic mass is 10.3. The van der Waals surface area contributed by atoms with Gasteiger partial charge >= 0.3 is 7.82 Å². The summed E-state index contributed by atoms with van der Waals surface area (Å²) in [7, 11) is -4.30. The number of phosphoric acid groups is 1.